The van der Waals surface area contributed by atoms with E-state index in [1.165, 1.54) is 0 Å². The SMILES string of the molecule is O=C(CCCOc1ccc(Cl)cc1Cl)N1CCN(c2cnc3ccccc3n2)CC1. The van der Waals surface area contributed by atoms with Crippen LogP contribution in [0.15, 0.2) is 48.7 Å². The maximum atomic E-state index is 12.5. The van der Waals surface area contributed by atoms with Crippen molar-refractivity contribution in [2.45, 2.75) is 12.8 Å². The van der Waals surface area contributed by atoms with Gasteiger partial charge in [-0.3, -0.25) is 9.78 Å². The molecule has 3 aromatic rings. The highest BCUT2D eigenvalue weighted by atomic mass is 35.5. The van der Waals surface area contributed by atoms with Crippen LogP contribution in [0, 0.1) is 0 Å². The van der Waals surface area contributed by atoms with E-state index in [-0.39, 0.29) is 5.91 Å². The Labute approximate surface area is 185 Å². The molecule has 0 aliphatic carbocycles. The fourth-order valence-corrected chi connectivity index (χ4v) is 3.90. The van der Waals surface area contributed by atoms with Crippen molar-refractivity contribution >= 4 is 46.0 Å². The topological polar surface area (TPSA) is 58.6 Å². The molecule has 1 aliphatic heterocycles. The molecule has 6 nitrogen and oxygen atoms in total. The lowest BCUT2D eigenvalue weighted by molar-refractivity contribution is -0.131. The minimum absolute atomic E-state index is 0.144. The van der Waals surface area contributed by atoms with Crippen LogP contribution < -0.4 is 9.64 Å². The van der Waals surface area contributed by atoms with Crippen LogP contribution >= 0.6 is 23.2 Å². The van der Waals surface area contributed by atoms with Gasteiger partial charge in [0.25, 0.3) is 0 Å². The van der Waals surface area contributed by atoms with E-state index in [4.69, 9.17) is 32.9 Å². The molecular weight excluding hydrogens is 423 g/mol. The number of carbonyl (C=O) groups excluding carboxylic acids is 1. The van der Waals surface area contributed by atoms with Crippen molar-refractivity contribution in [3.05, 3.63) is 58.7 Å². The number of amides is 1. The zero-order chi connectivity index (χ0) is 20.9. The van der Waals surface area contributed by atoms with Gasteiger partial charge in [0.05, 0.1) is 28.9 Å². The van der Waals surface area contributed by atoms with Gasteiger partial charge in [0, 0.05) is 37.6 Å². The number of para-hydroxylation sites is 2. The van der Waals surface area contributed by atoms with Gasteiger partial charge in [-0.1, -0.05) is 35.3 Å². The smallest absolute Gasteiger partial charge is 0.222 e. The monoisotopic (exact) mass is 444 g/mol. The van der Waals surface area contributed by atoms with Gasteiger partial charge < -0.3 is 14.5 Å². The zero-order valence-electron chi connectivity index (χ0n) is 16.4. The zero-order valence-corrected chi connectivity index (χ0v) is 17.9. The quantitative estimate of drug-likeness (QED) is 0.525. The molecule has 0 unspecified atom stereocenters. The van der Waals surface area contributed by atoms with Crippen molar-refractivity contribution < 1.29 is 9.53 Å². The summed E-state index contributed by atoms with van der Waals surface area (Å²) in [5.41, 5.74) is 1.77. The van der Waals surface area contributed by atoms with Crippen LogP contribution in [0.1, 0.15) is 12.8 Å². The largest absolute Gasteiger partial charge is 0.492 e. The number of halogens is 2. The summed E-state index contributed by atoms with van der Waals surface area (Å²) in [5.74, 6) is 1.58. The second kappa shape index (κ2) is 9.49. The fraction of sp³-hybridized carbons (Fsp3) is 0.318. The highest BCUT2D eigenvalue weighted by molar-refractivity contribution is 6.35. The van der Waals surface area contributed by atoms with Crippen LogP contribution in [0.2, 0.25) is 10.0 Å². The van der Waals surface area contributed by atoms with Crippen LogP contribution in [-0.2, 0) is 4.79 Å². The van der Waals surface area contributed by atoms with Gasteiger partial charge in [-0.15, -0.1) is 0 Å². The number of benzene rings is 2. The Morgan fingerprint density at radius 1 is 1.03 bits per heavy atom. The lowest BCUT2D eigenvalue weighted by Gasteiger charge is -2.35. The molecule has 2 heterocycles. The molecule has 0 atom stereocenters. The van der Waals surface area contributed by atoms with Gasteiger partial charge in [0.1, 0.15) is 11.6 Å². The maximum Gasteiger partial charge on any atom is 0.222 e. The van der Waals surface area contributed by atoms with Gasteiger partial charge in [0.2, 0.25) is 5.91 Å². The molecule has 0 spiro atoms. The minimum Gasteiger partial charge on any atom is -0.492 e. The van der Waals surface area contributed by atoms with Gasteiger partial charge >= 0.3 is 0 Å². The molecule has 30 heavy (non-hydrogen) atoms. The average Bonchev–Trinajstić information content (AvgIpc) is 2.77. The summed E-state index contributed by atoms with van der Waals surface area (Å²) in [6, 6.07) is 12.9. The summed E-state index contributed by atoms with van der Waals surface area (Å²) in [6.07, 6.45) is 2.88. The van der Waals surface area contributed by atoms with Crippen molar-refractivity contribution in [3.8, 4) is 5.75 Å². The average molecular weight is 445 g/mol. The molecule has 2 aromatic carbocycles. The molecule has 0 radical (unpaired) electrons. The molecule has 0 N–H and O–H groups in total. The molecule has 1 aliphatic rings. The summed E-state index contributed by atoms with van der Waals surface area (Å²) in [7, 11) is 0. The number of anilines is 1. The third-order valence-corrected chi connectivity index (χ3v) is 5.61. The van der Waals surface area contributed by atoms with E-state index in [1.807, 2.05) is 29.2 Å². The Bertz CT molecular complexity index is 1040. The Balaban J connectivity index is 1.23. The van der Waals surface area contributed by atoms with Gasteiger partial charge in [0.15, 0.2) is 0 Å². The first-order valence-electron chi connectivity index (χ1n) is 9.92. The number of ether oxygens (including phenoxy) is 1. The van der Waals surface area contributed by atoms with Crippen molar-refractivity contribution in [2.24, 2.45) is 0 Å². The Morgan fingerprint density at radius 3 is 2.57 bits per heavy atom. The number of aromatic nitrogens is 2. The third kappa shape index (κ3) is 4.94. The predicted octanol–water partition coefficient (Wildman–Crippen LogP) is 4.44. The molecule has 156 valence electrons. The Morgan fingerprint density at radius 2 is 1.80 bits per heavy atom. The van der Waals surface area contributed by atoms with Crippen LogP contribution in [0.25, 0.3) is 11.0 Å². The van der Waals surface area contributed by atoms with Crippen molar-refractivity contribution in [3.63, 3.8) is 0 Å². The first-order chi connectivity index (χ1) is 14.6. The van der Waals surface area contributed by atoms with E-state index in [0.29, 0.717) is 48.3 Å². The minimum atomic E-state index is 0.144. The third-order valence-electron chi connectivity index (χ3n) is 5.08. The van der Waals surface area contributed by atoms with Crippen molar-refractivity contribution in [2.75, 3.05) is 37.7 Å². The van der Waals surface area contributed by atoms with Crippen LogP contribution in [-0.4, -0.2) is 53.6 Å². The van der Waals surface area contributed by atoms with Crippen molar-refractivity contribution in [1.29, 1.82) is 0 Å². The Kier molecular flexibility index (Phi) is 6.55. The molecule has 4 rings (SSSR count). The molecule has 1 saturated heterocycles. The highest BCUT2D eigenvalue weighted by Gasteiger charge is 2.22. The van der Waals surface area contributed by atoms with Gasteiger partial charge in [-0.05, 0) is 36.8 Å². The summed E-state index contributed by atoms with van der Waals surface area (Å²) < 4.78 is 5.65. The number of hydrogen-bond donors (Lipinski definition) is 0. The summed E-state index contributed by atoms with van der Waals surface area (Å²) in [4.78, 5) is 25.8. The van der Waals surface area contributed by atoms with Crippen LogP contribution in [0.3, 0.4) is 0 Å². The molecule has 1 fully saturated rings. The lowest BCUT2D eigenvalue weighted by Crippen LogP contribution is -2.49. The number of nitrogens with zero attached hydrogens (tertiary/aromatic N) is 4. The summed E-state index contributed by atoms with van der Waals surface area (Å²) in [5, 5.41) is 1.04. The molecule has 8 heteroatoms. The van der Waals surface area contributed by atoms with E-state index >= 15 is 0 Å². The normalized spacial score (nSPS) is 14.2. The molecular formula is C22H22Cl2N4O2. The first kappa shape index (κ1) is 20.7. The van der Waals surface area contributed by atoms with Crippen LogP contribution in [0.4, 0.5) is 5.82 Å². The summed E-state index contributed by atoms with van der Waals surface area (Å²) in [6.45, 7) is 3.28. The number of hydrogen-bond acceptors (Lipinski definition) is 5. The number of carbonyl (C=O) groups is 1. The van der Waals surface area contributed by atoms with Crippen molar-refractivity contribution in [1.82, 2.24) is 14.9 Å². The maximum absolute atomic E-state index is 12.5. The standard InChI is InChI=1S/C22H22Cl2N4O2/c23-16-7-8-20(17(24)14-16)30-13-3-6-22(29)28-11-9-27(10-12-28)21-15-25-18-4-1-2-5-19(18)26-21/h1-2,4-5,7-8,14-15H,3,6,9-13H2. The van der Waals surface area contributed by atoms with Gasteiger partial charge in [-0.2, -0.15) is 0 Å². The van der Waals surface area contributed by atoms with Crippen LogP contribution in [0.5, 0.6) is 5.75 Å². The second-order valence-corrected chi connectivity index (χ2v) is 7.96. The lowest BCUT2D eigenvalue weighted by atomic mass is 10.2. The fourth-order valence-electron chi connectivity index (χ4n) is 3.44. The first-order valence-corrected chi connectivity index (χ1v) is 10.7. The van der Waals surface area contributed by atoms with E-state index in [1.54, 1.807) is 24.4 Å². The second-order valence-electron chi connectivity index (χ2n) is 7.11. The van der Waals surface area contributed by atoms with E-state index in [0.717, 1.165) is 29.9 Å². The molecule has 0 bridgehead atoms. The van der Waals surface area contributed by atoms with E-state index in [9.17, 15) is 4.79 Å². The molecule has 1 amide bonds. The number of rotatable bonds is 6. The number of fused-ring (bicyclic) bond motifs is 1. The molecule has 1 aromatic heterocycles. The summed E-state index contributed by atoms with van der Waals surface area (Å²) >= 11 is 12.0. The number of piperazine rings is 1. The highest BCUT2D eigenvalue weighted by Crippen LogP contribution is 2.27. The van der Waals surface area contributed by atoms with E-state index in [2.05, 4.69) is 9.88 Å². The predicted molar refractivity (Wildman–Crippen MR) is 120 cm³/mol. The van der Waals surface area contributed by atoms with E-state index < -0.39 is 0 Å². The van der Waals surface area contributed by atoms with Gasteiger partial charge in [-0.25, -0.2) is 4.98 Å². The molecule has 0 saturated carbocycles. The Hall–Kier alpha value is -2.57.